The number of nitrogens with two attached hydrogens (primary N) is 1. The molecule has 1 aromatic carbocycles. The molecule has 1 aliphatic rings. The van der Waals surface area contributed by atoms with Crippen LogP contribution in [0.15, 0.2) is 18.2 Å². The molecule has 0 aliphatic heterocycles. The summed E-state index contributed by atoms with van der Waals surface area (Å²) in [6.07, 6.45) is 4.60. The van der Waals surface area contributed by atoms with Gasteiger partial charge >= 0.3 is 0 Å². The molecule has 0 saturated heterocycles. The van der Waals surface area contributed by atoms with Gasteiger partial charge in [0.15, 0.2) is 0 Å². The summed E-state index contributed by atoms with van der Waals surface area (Å²) >= 11 is 0. The van der Waals surface area contributed by atoms with Crippen LogP contribution in [0, 0.1) is 19.8 Å². The number of benzene rings is 1. The summed E-state index contributed by atoms with van der Waals surface area (Å²) in [7, 11) is 0. The predicted octanol–water partition coefficient (Wildman–Crippen LogP) is 3.19. The van der Waals surface area contributed by atoms with Gasteiger partial charge in [0, 0.05) is 11.7 Å². The molecule has 4 N–H and O–H groups in total. The molecule has 1 aliphatic carbocycles. The van der Waals surface area contributed by atoms with Crippen molar-refractivity contribution in [3.05, 3.63) is 29.3 Å². The molecule has 1 saturated carbocycles. The molecule has 2 unspecified atom stereocenters. The average molecular weight is 362 g/mol. The van der Waals surface area contributed by atoms with Gasteiger partial charge in [-0.1, -0.05) is 31.0 Å². The van der Waals surface area contributed by atoms with Crippen molar-refractivity contribution < 1.29 is 4.79 Å². The van der Waals surface area contributed by atoms with E-state index in [0.29, 0.717) is 19.0 Å². The van der Waals surface area contributed by atoms with E-state index in [1.165, 1.54) is 24.0 Å². The Bertz CT molecular complexity index is 476. The molecule has 2 rings (SSSR count). The van der Waals surface area contributed by atoms with Crippen molar-refractivity contribution in [1.82, 2.24) is 5.32 Å². The third kappa shape index (κ3) is 6.21. The second-order valence-corrected chi connectivity index (χ2v) is 6.07. The summed E-state index contributed by atoms with van der Waals surface area (Å²) in [5.41, 5.74) is 9.20. The van der Waals surface area contributed by atoms with E-state index in [4.69, 9.17) is 5.73 Å². The highest BCUT2D eigenvalue weighted by molar-refractivity contribution is 5.85. The van der Waals surface area contributed by atoms with E-state index < -0.39 is 0 Å². The molecule has 0 heterocycles. The van der Waals surface area contributed by atoms with Crippen LogP contribution in [0.3, 0.4) is 0 Å². The number of rotatable bonds is 5. The van der Waals surface area contributed by atoms with Crippen molar-refractivity contribution in [3.63, 3.8) is 0 Å². The van der Waals surface area contributed by atoms with Crippen molar-refractivity contribution in [2.24, 2.45) is 11.7 Å². The number of para-hydroxylation sites is 1. The van der Waals surface area contributed by atoms with Gasteiger partial charge in [0.2, 0.25) is 5.91 Å². The highest BCUT2D eigenvalue weighted by Crippen LogP contribution is 2.23. The third-order valence-corrected chi connectivity index (χ3v) is 4.47. The lowest BCUT2D eigenvalue weighted by Crippen LogP contribution is -2.46. The van der Waals surface area contributed by atoms with E-state index in [1.54, 1.807) is 0 Å². The number of hydrogen-bond acceptors (Lipinski definition) is 3. The number of carbonyl (C=O) groups is 1. The van der Waals surface area contributed by atoms with Gasteiger partial charge in [-0.25, -0.2) is 0 Å². The molecule has 0 radical (unpaired) electrons. The molecule has 1 aromatic rings. The second-order valence-electron chi connectivity index (χ2n) is 6.07. The number of hydrogen-bond donors (Lipinski definition) is 3. The normalized spacial score (nSPS) is 20.0. The number of amides is 1. The van der Waals surface area contributed by atoms with Gasteiger partial charge in [-0.2, -0.15) is 0 Å². The van der Waals surface area contributed by atoms with Gasteiger partial charge in [0.05, 0.1) is 6.54 Å². The Morgan fingerprint density at radius 3 is 2.39 bits per heavy atom. The van der Waals surface area contributed by atoms with Crippen LogP contribution in [0.1, 0.15) is 36.8 Å². The molecule has 23 heavy (non-hydrogen) atoms. The van der Waals surface area contributed by atoms with Crippen LogP contribution in [-0.4, -0.2) is 25.0 Å². The van der Waals surface area contributed by atoms with Crippen molar-refractivity contribution in [1.29, 1.82) is 0 Å². The van der Waals surface area contributed by atoms with Crippen LogP contribution in [0.25, 0.3) is 0 Å². The fourth-order valence-corrected chi connectivity index (χ4v) is 3.20. The molecule has 0 aromatic heterocycles. The Morgan fingerprint density at radius 2 is 1.78 bits per heavy atom. The number of halogens is 2. The van der Waals surface area contributed by atoms with Gasteiger partial charge in [0.25, 0.3) is 0 Å². The first-order valence-electron chi connectivity index (χ1n) is 7.91. The van der Waals surface area contributed by atoms with Crippen molar-refractivity contribution >= 4 is 36.4 Å². The quantitative estimate of drug-likeness (QED) is 0.754. The standard InChI is InChI=1S/C17H27N3O.2ClH/c1-12-6-5-7-13(2)17(12)19-11-16(21)20-15-9-4-3-8-14(15)10-18;;/h5-7,14-15,19H,3-4,8-11,18H2,1-2H3,(H,20,21);2*1H. The first-order chi connectivity index (χ1) is 10.1. The SMILES string of the molecule is Cc1cccc(C)c1NCC(=O)NC1CCCCC1CN.Cl.Cl. The Kier molecular flexibility index (Phi) is 10.3. The molecule has 1 amide bonds. The maximum atomic E-state index is 12.2. The smallest absolute Gasteiger partial charge is 0.239 e. The summed E-state index contributed by atoms with van der Waals surface area (Å²) in [6, 6.07) is 6.39. The van der Waals surface area contributed by atoms with Gasteiger partial charge in [0.1, 0.15) is 0 Å². The summed E-state index contributed by atoms with van der Waals surface area (Å²) < 4.78 is 0. The van der Waals surface area contributed by atoms with E-state index >= 15 is 0 Å². The van der Waals surface area contributed by atoms with Gasteiger partial charge in [-0.05, 0) is 50.3 Å². The zero-order chi connectivity index (χ0) is 15.2. The van der Waals surface area contributed by atoms with E-state index in [9.17, 15) is 4.79 Å². The monoisotopic (exact) mass is 361 g/mol. The zero-order valence-electron chi connectivity index (χ0n) is 13.9. The van der Waals surface area contributed by atoms with Crippen LogP contribution in [0.2, 0.25) is 0 Å². The molecular weight excluding hydrogens is 333 g/mol. The van der Waals surface area contributed by atoms with E-state index in [1.807, 2.05) is 6.07 Å². The summed E-state index contributed by atoms with van der Waals surface area (Å²) in [6.45, 7) is 5.09. The van der Waals surface area contributed by atoms with Crippen LogP contribution in [0.4, 0.5) is 5.69 Å². The fourth-order valence-electron chi connectivity index (χ4n) is 3.20. The number of aryl methyl sites for hydroxylation is 2. The van der Waals surface area contributed by atoms with E-state index in [-0.39, 0.29) is 36.8 Å². The van der Waals surface area contributed by atoms with Crippen molar-refractivity contribution in [3.8, 4) is 0 Å². The number of carbonyl (C=O) groups excluding carboxylic acids is 1. The maximum Gasteiger partial charge on any atom is 0.239 e. The average Bonchev–Trinajstić information content (AvgIpc) is 2.47. The van der Waals surface area contributed by atoms with Gasteiger partial charge in [-0.15, -0.1) is 24.8 Å². The minimum atomic E-state index is 0. The van der Waals surface area contributed by atoms with Crippen molar-refractivity contribution in [2.45, 2.75) is 45.6 Å². The second kappa shape index (κ2) is 10.7. The molecular formula is C17H29Cl2N3O. The van der Waals surface area contributed by atoms with Crippen LogP contribution >= 0.6 is 24.8 Å². The fraction of sp³-hybridized carbons (Fsp3) is 0.588. The molecule has 0 spiro atoms. The van der Waals surface area contributed by atoms with Gasteiger partial charge in [-0.3, -0.25) is 4.79 Å². The van der Waals surface area contributed by atoms with Crippen LogP contribution < -0.4 is 16.4 Å². The molecule has 2 atom stereocenters. The predicted molar refractivity (Wildman–Crippen MR) is 102 cm³/mol. The lowest BCUT2D eigenvalue weighted by atomic mass is 9.84. The summed E-state index contributed by atoms with van der Waals surface area (Å²) in [5.74, 6) is 0.492. The maximum absolute atomic E-state index is 12.2. The van der Waals surface area contributed by atoms with E-state index in [0.717, 1.165) is 18.5 Å². The number of anilines is 1. The topological polar surface area (TPSA) is 67.2 Å². The Hall–Kier alpha value is -0.970. The summed E-state index contributed by atoms with van der Waals surface area (Å²) in [5, 5.41) is 6.41. The highest BCUT2D eigenvalue weighted by Gasteiger charge is 2.25. The minimum Gasteiger partial charge on any atom is -0.376 e. The molecule has 0 bridgehead atoms. The van der Waals surface area contributed by atoms with Crippen LogP contribution in [0.5, 0.6) is 0 Å². The lowest BCUT2D eigenvalue weighted by Gasteiger charge is -2.31. The van der Waals surface area contributed by atoms with Crippen LogP contribution in [-0.2, 0) is 4.79 Å². The molecule has 132 valence electrons. The van der Waals surface area contributed by atoms with E-state index in [2.05, 4.69) is 36.6 Å². The first kappa shape index (κ1) is 22.0. The van der Waals surface area contributed by atoms with Gasteiger partial charge < -0.3 is 16.4 Å². The lowest BCUT2D eigenvalue weighted by molar-refractivity contribution is -0.120. The molecule has 1 fully saturated rings. The Morgan fingerprint density at radius 1 is 1.17 bits per heavy atom. The minimum absolute atomic E-state index is 0. The first-order valence-corrected chi connectivity index (χ1v) is 7.91. The third-order valence-electron chi connectivity index (χ3n) is 4.47. The largest absolute Gasteiger partial charge is 0.376 e. The zero-order valence-corrected chi connectivity index (χ0v) is 15.6. The number of nitrogens with one attached hydrogen (secondary N) is 2. The molecule has 4 nitrogen and oxygen atoms in total. The molecule has 6 heteroatoms. The summed E-state index contributed by atoms with van der Waals surface area (Å²) in [4.78, 5) is 12.2. The highest BCUT2D eigenvalue weighted by atomic mass is 35.5. The Labute approximate surface area is 151 Å². The Balaban J connectivity index is 0.00000242. The van der Waals surface area contributed by atoms with Crippen molar-refractivity contribution in [2.75, 3.05) is 18.4 Å².